The number of nitrogens with one attached hydrogen (secondary N) is 1. The topological polar surface area (TPSA) is 27.7 Å². The molecule has 2 heterocycles. The van der Waals surface area contributed by atoms with E-state index in [0.717, 1.165) is 38.5 Å². The van der Waals surface area contributed by atoms with Gasteiger partial charge in [-0.05, 0) is 12.1 Å². The Kier molecular flexibility index (Phi) is 2.78. The molecule has 0 saturated carbocycles. The number of hydroxylamine groups is 1. The summed E-state index contributed by atoms with van der Waals surface area (Å²) in [6.45, 7) is 4.98. The zero-order valence-corrected chi connectivity index (χ0v) is 9.30. The third-order valence-corrected chi connectivity index (χ3v) is 3.21. The summed E-state index contributed by atoms with van der Waals surface area (Å²) < 4.78 is 0. The molecule has 2 aliphatic heterocycles. The van der Waals surface area contributed by atoms with Crippen LogP contribution in [-0.2, 0) is 4.84 Å². The Morgan fingerprint density at radius 1 is 1.19 bits per heavy atom. The fourth-order valence-electron chi connectivity index (χ4n) is 2.39. The number of piperazine rings is 1. The van der Waals surface area contributed by atoms with Crippen molar-refractivity contribution >= 4 is 5.69 Å². The Balaban J connectivity index is 1.83. The molecule has 1 atom stereocenters. The SMILES string of the molecule is c1ccc(N2OCCN3CCNCC32)cc1. The molecule has 86 valence electrons. The second-order valence-corrected chi connectivity index (χ2v) is 4.22. The molecule has 1 aromatic carbocycles. The average molecular weight is 219 g/mol. The Hall–Kier alpha value is -1.10. The zero-order valence-electron chi connectivity index (χ0n) is 9.30. The van der Waals surface area contributed by atoms with Crippen LogP contribution in [0.2, 0.25) is 0 Å². The van der Waals surface area contributed by atoms with Crippen molar-refractivity contribution < 1.29 is 4.84 Å². The van der Waals surface area contributed by atoms with E-state index in [0.29, 0.717) is 6.17 Å². The van der Waals surface area contributed by atoms with Crippen LogP contribution in [0.3, 0.4) is 0 Å². The van der Waals surface area contributed by atoms with Crippen molar-refractivity contribution in [2.24, 2.45) is 0 Å². The molecule has 0 radical (unpaired) electrons. The number of hydrogen-bond donors (Lipinski definition) is 1. The molecule has 2 aliphatic rings. The smallest absolute Gasteiger partial charge is 0.121 e. The molecular formula is C12H17N3O. The summed E-state index contributed by atoms with van der Waals surface area (Å²) in [5, 5.41) is 5.46. The van der Waals surface area contributed by atoms with Crippen LogP contribution in [0.5, 0.6) is 0 Å². The zero-order chi connectivity index (χ0) is 10.8. The molecule has 1 N–H and O–H groups in total. The number of rotatable bonds is 1. The quantitative estimate of drug-likeness (QED) is 0.751. The van der Waals surface area contributed by atoms with Gasteiger partial charge in [0.15, 0.2) is 0 Å². The normalized spacial score (nSPS) is 26.5. The van der Waals surface area contributed by atoms with Gasteiger partial charge in [0.25, 0.3) is 0 Å². The molecule has 4 nitrogen and oxygen atoms in total. The highest BCUT2D eigenvalue weighted by atomic mass is 16.7. The van der Waals surface area contributed by atoms with Gasteiger partial charge in [0.2, 0.25) is 0 Å². The molecule has 3 rings (SSSR count). The molecular weight excluding hydrogens is 202 g/mol. The highest BCUT2D eigenvalue weighted by Crippen LogP contribution is 2.22. The second kappa shape index (κ2) is 4.41. The van der Waals surface area contributed by atoms with Gasteiger partial charge >= 0.3 is 0 Å². The first kappa shape index (κ1) is 10.1. The third kappa shape index (κ3) is 1.80. The van der Waals surface area contributed by atoms with Crippen LogP contribution in [0.4, 0.5) is 5.69 Å². The van der Waals surface area contributed by atoms with Crippen molar-refractivity contribution in [1.29, 1.82) is 0 Å². The van der Waals surface area contributed by atoms with Gasteiger partial charge in [-0.1, -0.05) is 18.2 Å². The summed E-state index contributed by atoms with van der Waals surface area (Å²) in [5.74, 6) is 0. The van der Waals surface area contributed by atoms with E-state index in [9.17, 15) is 0 Å². The molecule has 16 heavy (non-hydrogen) atoms. The van der Waals surface area contributed by atoms with Crippen LogP contribution in [0.1, 0.15) is 0 Å². The van der Waals surface area contributed by atoms with Crippen LogP contribution in [0, 0.1) is 0 Å². The predicted octanol–water partition coefficient (Wildman–Crippen LogP) is 0.669. The molecule has 4 heteroatoms. The van der Waals surface area contributed by atoms with Crippen molar-refractivity contribution in [2.45, 2.75) is 6.17 Å². The third-order valence-electron chi connectivity index (χ3n) is 3.21. The second-order valence-electron chi connectivity index (χ2n) is 4.22. The number of fused-ring (bicyclic) bond motifs is 1. The summed E-state index contributed by atoms with van der Waals surface area (Å²) in [7, 11) is 0. The van der Waals surface area contributed by atoms with Crippen LogP contribution < -0.4 is 10.4 Å². The van der Waals surface area contributed by atoms with E-state index in [4.69, 9.17) is 4.84 Å². The maximum atomic E-state index is 5.79. The summed E-state index contributed by atoms with van der Waals surface area (Å²) >= 11 is 0. The van der Waals surface area contributed by atoms with Gasteiger partial charge < -0.3 is 5.32 Å². The minimum absolute atomic E-state index is 0.338. The van der Waals surface area contributed by atoms with Gasteiger partial charge in [-0.15, -0.1) is 0 Å². The minimum atomic E-state index is 0.338. The molecule has 0 aliphatic carbocycles. The van der Waals surface area contributed by atoms with Gasteiger partial charge in [0, 0.05) is 26.2 Å². The molecule has 2 fully saturated rings. The summed E-state index contributed by atoms with van der Waals surface area (Å²) in [4.78, 5) is 8.26. The standard InChI is InChI=1S/C12H17N3O/c1-2-4-11(5-3-1)15-12-10-13-6-7-14(12)8-9-16-15/h1-5,12-13H,6-10H2. The Labute approximate surface area is 95.7 Å². The number of hydrogen-bond acceptors (Lipinski definition) is 4. The lowest BCUT2D eigenvalue weighted by Gasteiger charge is -2.46. The molecule has 0 amide bonds. The maximum absolute atomic E-state index is 5.79. The van der Waals surface area contributed by atoms with E-state index < -0.39 is 0 Å². The van der Waals surface area contributed by atoms with Crippen molar-refractivity contribution in [3.63, 3.8) is 0 Å². The van der Waals surface area contributed by atoms with E-state index in [-0.39, 0.29) is 0 Å². The first-order valence-electron chi connectivity index (χ1n) is 5.87. The fraction of sp³-hybridized carbons (Fsp3) is 0.500. The van der Waals surface area contributed by atoms with Gasteiger partial charge in [-0.2, -0.15) is 0 Å². The molecule has 1 aromatic rings. The van der Waals surface area contributed by atoms with Crippen molar-refractivity contribution in [2.75, 3.05) is 37.8 Å². The van der Waals surface area contributed by atoms with E-state index >= 15 is 0 Å². The molecule has 0 aromatic heterocycles. The monoisotopic (exact) mass is 219 g/mol. The van der Waals surface area contributed by atoms with Gasteiger partial charge in [0.05, 0.1) is 12.3 Å². The van der Waals surface area contributed by atoms with Crippen LogP contribution in [-0.4, -0.2) is 43.9 Å². The predicted molar refractivity (Wildman–Crippen MR) is 63.1 cm³/mol. The highest BCUT2D eigenvalue weighted by molar-refractivity contribution is 5.44. The number of anilines is 1. The van der Waals surface area contributed by atoms with Crippen molar-refractivity contribution in [1.82, 2.24) is 10.2 Å². The van der Waals surface area contributed by atoms with Gasteiger partial charge in [-0.3, -0.25) is 9.74 Å². The first-order valence-corrected chi connectivity index (χ1v) is 5.87. The molecule has 0 bridgehead atoms. The minimum Gasteiger partial charge on any atom is -0.312 e. The maximum Gasteiger partial charge on any atom is 0.121 e. The summed E-state index contributed by atoms with van der Waals surface area (Å²) in [5.41, 5.74) is 1.14. The Bertz CT molecular complexity index is 341. The summed E-state index contributed by atoms with van der Waals surface area (Å²) in [6, 6.07) is 10.3. The van der Waals surface area contributed by atoms with Crippen LogP contribution >= 0.6 is 0 Å². The van der Waals surface area contributed by atoms with E-state index in [2.05, 4.69) is 22.3 Å². The largest absolute Gasteiger partial charge is 0.312 e. The van der Waals surface area contributed by atoms with Gasteiger partial charge in [-0.25, -0.2) is 5.06 Å². The molecule has 2 saturated heterocycles. The van der Waals surface area contributed by atoms with Crippen LogP contribution in [0.15, 0.2) is 30.3 Å². The van der Waals surface area contributed by atoms with Gasteiger partial charge in [0.1, 0.15) is 6.17 Å². The lowest BCUT2D eigenvalue weighted by Crippen LogP contribution is -2.63. The number of nitrogens with zero attached hydrogens (tertiary/aromatic N) is 2. The fourth-order valence-corrected chi connectivity index (χ4v) is 2.39. The van der Waals surface area contributed by atoms with Crippen LogP contribution in [0.25, 0.3) is 0 Å². The Morgan fingerprint density at radius 2 is 2.06 bits per heavy atom. The Morgan fingerprint density at radius 3 is 2.94 bits per heavy atom. The molecule has 0 spiro atoms. The first-order chi connectivity index (χ1) is 7.95. The lowest BCUT2D eigenvalue weighted by molar-refractivity contribution is -0.0407. The van der Waals surface area contributed by atoms with E-state index in [1.54, 1.807) is 0 Å². The number of benzene rings is 1. The van der Waals surface area contributed by atoms with E-state index in [1.165, 1.54) is 0 Å². The highest BCUT2D eigenvalue weighted by Gasteiger charge is 2.32. The van der Waals surface area contributed by atoms with E-state index in [1.807, 2.05) is 23.3 Å². The summed E-state index contributed by atoms with van der Waals surface area (Å²) in [6.07, 6.45) is 0.338. The number of para-hydroxylation sites is 1. The lowest BCUT2D eigenvalue weighted by atomic mass is 10.2. The van der Waals surface area contributed by atoms with Crippen molar-refractivity contribution in [3.05, 3.63) is 30.3 Å². The molecule has 1 unspecified atom stereocenters. The average Bonchev–Trinajstić information content (AvgIpc) is 2.39. The van der Waals surface area contributed by atoms with Crippen molar-refractivity contribution in [3.8, 4) is 0 Å².